The van der Waals surface area contributed by atoms with Gasteiger partial charge in [0.15, 0.2) is 0 Å². The smallest absolute Gasteiger partial charge is 0.138 e. The quantitative estimate of drug-likeness (QED) is 0.329. The number of nitrogens with two attached hydrogens (primary N) is 1. The molecule has 128 valence electrons. The van der Waals surface area contributed by atoms with Gasteiger partial charge in [0.25, 0.3) is 0 Å². The van der Waals surface area contributed by atoms with Gasteiger partial charge in [-0.05, 0) is 35.4 Å². The second-order valence-electron chi connectivity index (χ2n) is 7.91. The third-order valence-corrected chi connectivity index (χ3v) is 10.6. The molecule has 0 radical (unpaired) electrons. The van der Waals surface area contributed by atoms with Crippen LogP contribution >= 0.6 is 11.3 Å². The van der Waals surface area contributed by atoms with E-state index in [1.54, 1.807) is 11.3 Å². The average Bonchev–Trinajstić information content (AvgIpc) is 2.97. The van der Waals surface area contributed by atoms with Crippen molar-refractivity contribution in [2.45, 2.75) is 38.9 Å². The fraction of sp³-hybridized carbons (Fsp3) is 0.286. The molecule has 0 amide bonds. The number of hydrogen-bond donors (Lipinski definition) is 1. The van der Waals surface area contributed by atoms with Gasteiger partial charge in [-0.1, -0.05) is 51.9 Å². The zero-order valence-electron chi connectivity index (χ0n) is 15.5. The van der Waals surface area contributed by atoms with Crippen molar-refractivity contribution < 1.29 is 0 Å². The van der Waals surface area contributed by atoms with E-state index in [-0.39, 0.29) is 5.04 Å². The molecule has 3 aromatic rings. The Hall–Kier alpha value is -2.09. The number of para-hydroxylation sites is 1. The van der Waals surface area contributed by atoms with Gasteiger partial charge in [0.05, 0.1) is 10.2 Å². The molecule has 4 heteroatoms. The van der Waals surface area contributed by atoms with E-state index in [4.69, 9.17) is 10.7 Å². The van der Waals surface area contributed by atoms with Crippen LogP contribution in [0.15, 0.2) is 42.5 Å². The summed E-state index contributed by atoms with van der Waals surface area (Å²) in [6, 6.07) is 14.3. The largest absolute Gasteiger partial charge is 0.398 e. The minimum atomic E-state index is -1.66. The predicted octanol–water partition coefficient (Wildman–Crippen LogP) is 5.94. The lowest BCUT2D eigenvalue weighted by molar-refractivity contribution is 0.731. The van der Waals surface area contributed by atoms with Crippen LogP contribution in [0.2, 0.25) is 18.1 Å². The first-order valence-electron chi connectivity index (χ1n) is 8.46. The maximum absolute atomic E-state index is 6.18. The number of anilines is 1. The Kier molecular flexibility index (Phi) is 4.48. The Morgan fingerprint density at radius 2 is 1.80 bits per heavy atom. The molecule has 0 unspecified atom stereocenters. The maximum atomic E-state index is 6.18. The van der Waals surface area contributed by atoms with Crippen molar-refractivity contribution >= 4 is 35.3 Å². The van der Waals surface area contributed by atoms with Crippen LogP contribution in [0.1, 0.15) is 26.3 Å². The summed E-state index contributed by atoms with van der Waals surface area (Å²) in [6.45, 7) is 11.4. The summed E-state index contributed by atoms with van der Waals surface area (Å²) < 4.78 is 1.20. The van der Waals surface area contributed by atoms with Crippen LogP contribution in [0.25, 0.3) is 20.8 Å². The Bertz CT molecular complexity index is 951. The summed E-state index contributed by atoms with van der Waals surface area (Å²) in [7, 11) is -1.66. The lowest BCUT2D eigenvalue weighted by atomic mass is 10.1. The normalized spacial score (nSPS) is 12.0. The van der Waals surface area contributed by atoms with Crippen LogP contribution in [0.3, 0.4) is 0 Å². The second kappa shape index (κ2) is 6.33. The number of fused-ring (bicyclic) bond motifs is 1. The lowest BCUT2D eigenvalue weighted by Crippen LogP contribution is -2.35. The van der Waals surface area contributed by atoms with E-state index in [9.17, 15) is 0 Å². The molecule has 0 aliphatic carbocycles. The van der Waals surface area contributed by atoms with Gasteiger partial charge in [-0.25, -0.2) is 4.98 Å². The van der Waals surface area contributed by atoms with Crippen LogP contribution in [0.5, 0.6) is 0 Å². The second-order valence-corrected chi connectivity index (χ2v) is 13.9. The fourth-order valence-corrected chi connectivity index (χ4v) is 3.99. The van der Waals surface area contributed by atoms with Crippen LogP contribution in [0.4, 0.5) is 5.69 Å². The highest BCUT2D eigenvalue weighted by Crippen LogP contribution is 2.35. The van der Waals surface area contributed by atoms with Crippen molar-refractivity contribution in [1.82, 2.24) is 4.98 Å². The molecule has 0 saturated heterocycles. The van der Waals surface area contributed by atoms with Gasteiger partial charge in [0, 0.05) is 16.8 Å². The molecule has 0 spiro atoms. The highest BCUT2D eigenvalue weighted by atomic mass is 32.1. The van der Waals surface area contributed by atoms with E-state index in [0.717, 1.165) is 27.3 Å². The molecule has 2 N–H and O–H groups in total. The number of benzene rings is 2. The van der Waals surface area contributed by atoms with Crippen LogP contribution < -0.4 is 5.73 Å². The van der Waals surface area contributed by atoms with E-state index in [1.807, 2.05) is 30.3 Å². The van der Waals surface area contributed by atoms with Gasteiger partial charge in [-0.2, -0.15) is 0 Å². The van der Waals surface area contributed by atoms with Crippen molar-refractivity contribution in [1.29, 1.82) is 0 Å². The Morgan fingerprint density at radius 3 is 2.48 bits per heavy atom. The van der Waals surface area contributed by atoms with Crippen molar-refractivity contribution in [2.75, 3.05) is 5.73 Å². The van der Waals surface area contributed by atoms with E-state index in [2.05, 4.69) is 57.5 Å². The summed E-state index contributed by atoms with van der Waals surface area (Å²) in [4.78, 5) is 4.74. The van der Waals surface area contributed by atoms with Gasteiger partial charge in [0.1, 0.15) is 13.1 Å². The molecule has 0 fully saturated rings. The molecule has 25 heavy (non-hydrogen) atoms. The molecule has 2 nitrogen and oxygen atoms in total. The molecule has 0 bridgehead atoms. The molecule has 0 saturated carbocycles. The van der Waals surface area contributed by atoms with Gasteiger partial charge in [0.2, 0.25) is 0 Å². The van der Waals surface area contributed by atoms with Gasteiger partial charge >= 0.3 is 0 Å². The monoisotopic (exact) mass is 364 g/mol. The first-order valence-corrected chi connectivity index (χ1v) is 12.3. The van der Waals surface area contributed by atoms with Crippen LogP contribution in [-0.4, -0.2) is 13.1 Å². The van der Waals surface area contributed by atoms with Crippen molar-refractivity contribution in [2.24, 2.45) is 0 Å². The third-order valence-electron chi connectivity index (χ3n) is 4.98. The van der Waals surface area contributed by atoms with Gasteiger partial charge in [-0.15, -0.1) is 16.9 Å². The molecule has 1 aromatic heterocycles. The standard InChI is InChI=1S/C21H24N2SSi/c1-21(2,3)25(4,5)13-12-15-14-16(10-11-17(15)22)20-23-18-8-6-7-9-19(18)24-20/h6-11,14H,22H2,1-5H3. The van der Waals surface area contributed by atoms with E-state index in [0.29, 0.717) is 0 Å². The zero-order valence-corrected chi connectivity index (χ0v) is 17.3. The fourth-order valence-electron chi connectivity index (χ4n) is 2.20. The maximum Gasteiger partial charge on any atom is 0.138 e. The third kappa shape index (κ3) is 3.63. The number of rotatable bonds is 1. The van der Waals surface area contributed by atoms with Crippen molar-refractivity contribution in [3.8, 4) is 22.0 Å². The average molecular weight is 365 g/mol. The van der Waals surface area contributed by atoms with E-state index < -0.39 is 8.07 Å². The molecule has 0 atom stereocenters. The van der Waals surface area contributed by atoms with E-state index >= 15 is 0 Å². The molecule has 0 aliphatic heterocycles. The number of hydrogen-bond acceptors (Lipinski definition) is 3. The molecule has 1 heterocycles. The molecule has 3 rings (SSSR count). The van der Waals surface area contributed by atoms with E-state index in [1.165, 1.54) is 4.70 Å². The minimum absolute atomic E-state index is 0.236. The van der Waals surface area contributed by atoms with Gasteiger partial charge < -0.3 is 5.73 Å². The van der Waals surface area contributed by atoms with Gasteiger partial charge in [-0.3, -0.25) is 0 Å². The lowest BCUT2D eigenvalue weighted by Gasteiger charge is -2.31. The van der Waals surface area contributed by atoms with Crippen LogP contribution in [-0.2, 0) is 0 Å². The first-order chi connectivity index (χ1) is 11.7. The van der Waals surface area contributed by atoms with Crippen molar-refractivity contribution in [3.05, 3.63) is 48.0 Å². The summed E-state index contributed by atoms with van der Waals surface area (Å²) in [5, 5.41) is 1.25. The number of thiazole rings is 1. The Morgan fingerprint density at radius 1 is 1.08 bits per heavy atom. The number of nitrogen functional groups attached to an aromatic ring is 1. The number of aromatic nitrogens is 1. The number of nitrogens with zero attached hydrogens (tertiary/aromatic N) is 1. The molecular formula is C21H24N2SSi. The summed E-state index contributed by atoms with van der Waals surface area (Å²) >= 11 is 1.70. The SMILES string of the molecule is CC(C)(C)[Si](C)(C)C#Cc1cc(-c2nc3ccccc3s2)ccc1N. The highest BCUT2D eigenvalue weighted by molar-refractivity contribution is 7.21. The molecule has 0 aliphatic rings. The van der Waals surface area contributed by atoms with Crippen LogP contribution in [0, 0.1) is 11.5 Å². The predicted molar refractivity (Wildman–Crippen MR) is 114 cm³/mol. The summed E-state index contributed by atoms with van der Waals surface area (Å²) in [5.74, 6) is 3.37. The zero-order chi connectivity index (χ0) is 18.2. The Labute approximate surface area is 155 Å². The van der Waals surface area contributed by atoms with Crippen molar-refractivity contribution in [3.63, 3.8) is 0 Å². The summed E-state index contributed by atoms with van der Waals surface area (Å²) in [6.07, 6.45) is 0. The molecule has 2 aromatic carbocycles. The highest BCUT2D eigenvalue weighted by Gasteiger charge is 2.33. The topological polar surface area (TPSA) is 38.9 Å². The summed E-state index contributed by atoms with van der Waals surface area (Å²) in [5.41, 5.74) is 13.5. The molecular weight excluding hydrogens is 340 g/mol. The first kappa shape index (κ1) is 17.7. The Balaban J connectivity index is 2.02. The minimum Gasteiger partial charge on any atom is -0.398 e.